The second-order valence-corrected chi connectivity index (χ2v) is 5.52. The molecular weight excluding hydrogens is 352 g/mol. The maximum atomic E-state index is 11.9. The summed E-state index contributed by atoms with van der Waals surface area (Å²) >= 11 is 0. The first-order chi connectivity index (χ1) is 13.0. The van der Waals surface area contributed by atoms with Crippen LogP contribution in [-0.2, 0) is 20.7 Å². The van der Waals surface area contributed by atoms with Gasteiger partial charge >= 0.3 is 5.97 Å². The Balaban J connectivity index is 1.82. The molecule has 0 atom stereocenters. The van der Waals surface area contributed by atoms with Crippen LogP contribution in [0.1, 0.15) is 18.9 Å². The molecule has 0 aliphatic rings. The molecule has 142 valence electrons. The first-order valence-electron chi connectivity index (χ1n) is 8.41. The molecular formula is C19H20N2O6. The lowest BCUT2D eigenvalue weighted by atomic mass is 10.1. The third kappa shape index (κ3) is 6.10. The minimum absolute atomic E-state index is 0.0502. The van der Waals surface area contributed by atoms with Crippen molar-refractivity contribution in [1.29, 1.82) is 0 Å². The van der Waals surface area contributed by atoms with E-state index in [1.807, 2.05) is 31.2 Å². The Bertz CT molecular complexity index is 821. The highest BCUT2D eigenvalue weighted by Crippen LogP contribution is 2.23. The molecule has 0 aliphatic carbocycles. The lowest BCUT2D eigenvalue weighted by Crippen LogP contribution is -2.21. The van der Waals surface area contributed by atoms with E-state index in [4.69, 9.17) is 9.47 Å². The average molecular weight is 372 g/mol. The van der Waals surface area contributed by atoms with Gasteiger partial charge in [0.15, 0.2) is 6.61 Å². The van der Waals surface area contributed by atoms with Gasteiger partial charge in [-0.2, -0.15) is 0 Å². The standard InChI is InChI=1S/C19H20N2O6/c1-2-26-17-10-6-3-7-14(17)11-12-19(23)27-13-18(22)20-15-8-4-5-9-16(15)21(24)25/h3-10H,2,11-13H2,1H3,(H,20,22). The number of benzene rings is 2. The van der Waals surface area contributed by atoms with Crippen LogP contribution in [0.25, 0.3) is 0 Å². The predicted molar refractivity (Wildman–Crippen MR) is 98.6 cm³/mol. The highest BCUT2D eigenvalue weighted by atomic mass is 16.6. The fourth-order valence-electron chi connectivity index (χ4n) is 2.39. The number of rotatable bonds is 9. The van der Waals surface area contributed by atoms with E-state index in [1.54, 1.807) is 6.07 Å². The third-order valence-electron chi connectivity index (χ3n) is 3.61. The topological polar surface area (TPSA) is 108 Å². The lowest BCUT2D eigenvalue weighted by Gasteiger charge is -2.10. The fraction of sp³-hybridized carbons (Fsp3) is 0.263. The van der Waals surface area contributed by atoms with E-state index >= 15 is 0 Å². The van der Waals surface area contributed by atoms with Crippen LogP contribution in [0.4, 0.5) is 11.4 Å². The number of ether oxygens (including phenoxy) is 2. The van der Waals surface area contributed by atoms with Crippen LogP contribution >= 0.6 is 0 Å². The maximum absolute atomic E-state index is 11.9. The summed E-state index contributed by atoms with van der Waals surface area (Å²) in [4.78, 5) is 34.1. The fourth-order valence-corrected chi connectivity index (χ4v) is 2.39. The monoisotopic (exact) mass is 372 g/mol. The summed E-state index contributed by atoms with van der Waals surface area (Å²) < 4.78 is 10.4. The Morgan fingerprint density at radius 3 is 2.56 bits per heavy atom. The Kier molecular flexibility index (Phi) is 7.30. The summed E-state index contributed by atoms with van der Waals surface area (Å²) in [5.74, 6) is -0.478. The summed E-state index contributed by atoms with van der Waals surface area (Å²) in [7, 11) is 0. The largest absolute Gasteiger partial charge is 0.494 e. The highest BCUT2D eigenvalue weighted by Gasteiger charge is 2.16. The summed E-state index contributed by atoms with van der Waals surface area (Å²) in [5, 5.41) is 13.3. The van der Waals surface area contributed by atoms with Crippen LogP contribution in [0.15, 0.2) is 48.5 Å². The number of hydrogen-bond donors (Lipinski definition) is 1. The van der Waals surface area contributed by atoms with Crippen LogP contribution < -0.4 is 10.1 Å². The van der Waals surface area contributed by atoms with Gasteiger partial charge in [0.1, 0.15) is 11.4 Å². The molecule has 0 fully saturated rings. The van der Waals surface area contributed by atoms with Crippen molar-refractivity contribution >= 4 is 23.3 Å². The van der Waals surface area contributed by atoms with Gasteiger partial charge in [-0.25, -0.2) is 0 Å². The van der Waals surface area contributed by atoms with Crippen molar-refractivity contribution in [3.63, 3.8) is 0 Å². The molecule has 1 amide bonds. The van der Waals surface area contributed by atoms with Crippen LogP contribution in [0.3, 0.4) is 0 Å². The molecule has 2 aromatic carbocycles. The number of anilines is 1. The summed E-state index contributed by atoms with van der Waals surface area (Å²) in [6, 6.07) is 13.1. The van der Waals surface area contributed by atoms with Gasteiger partial charge in [0.05, 0.1) is 11.5 Å². The molecule has 8 heteroatoms. The molecule has 0 radical (unpaired) electrons. The molecule has 2 aromatic rings. The molecule has 0 bridgehead atoms. The summed E-state index contributed by atoms with van der Waals surface area (Å²) in [5.41, 5.74) is 0.694. The van der Waals surface area contributed by atoms with Crippen molar-refractivity contribution in [1.82, 2.24) is 0 Å². The number of nitrogens with one attached hydrogen (secondary N) is 1. The van der Waals surface area contributed by atoms with E-state index in [2.05, 4.69) is 5.32 Å². The first-order valence-corrected chi connectivity index (χ1v) is 8.41. The molecule has 1 N–H and O–H groups in total. The van der Waals surface area contributed by atoms with E-state index < -0.39 is 23.4 Å². The van der Waals surface area contributed by atoms with Gasteiger partial charge in [0, 0.05) is 12.5 Å². The smallest absolute Gasteiger partial charge is 0.306 e. The minimum atomic E-state index is -0.646. The van der Waals surface area contributed by atoms with Gasteiger partial charge in [-0.15, -0.1) is 0 Å². The van der Waals surface area contributed by atoms with Crippen molar-refractivity contribution in [2.45, 2.75) is 19.8 Å². The third-order valence-corrected chi connectivity index (χ3v) is 3.61. The second-order valence-electron chi connectivity index (χ2n) is 5.52. The van der Waals surface area contributed by atoms with Crippen LogP contribution in [0, 0.1) is 10.1 Å². The average Bonchev–Trinajstić information content (AvgIpc) is 2.66. The van der Waals surface area contributed by atoms with Crippen molar-refractivity contribution in [2.24, 2.45) is 0 Å². The van der Waals surface area contributed by atoms with Crippen LogP contribution in [0.5, 0.6) is 5.75 Å². The van der Waals surface area contributed by atoms with Crippen molar-refractivity contribution in [3.8, 4) is 5.75 Å². The van der Waals surface area contributed by atoms with Gasteiger partial charge < -0.3 is 14.8 Å². The molecule has 0 heterocycles. The maximum Gasteiger partial charge on any atom is 0.306 e. The van der Waals surface area contributed by atoms with E-state index in [1.165, 1.54) is 18.2 Å². The Hall–Kier alpha value is -3.42. The number of nitrogens with zero attached hydrogens (tertiary/aromatic N) is 1. The van der Waals surface area contributed by atoms with Crippen LogP contribution in [0.2, 0.25) is 0 Å². The number of para-hydroxylation sites is 3. The Morgan fingerprint density at radius 2 is 1.81 bits per heavy atom. The quantitative estimate of drug-likeness (QED) is 0.412. The highest BCUT2D eigenvalue weighted by molar-refractivity contribution is 5.94. The molecule has 0 saturated heterocycles. The number of carbonyl (C=O) groups is 2. The number of hydrogen-bond acceptors (Lipinski definition) is 6. The van der Waals surface area contributed by atoms with Crippen molar-refractivity contribution in [2.75, 3.05) is 18.5 Å². The number of nitro benzene ring substituents is 1. The number of amides is 1. The number of esters is 1. The first kappa shape index (κ1) is 19.9. The predicted octanol–water partition coefficient (Wildman–Crippen LogP) is 3.11. The van der Waals surface area contributed by atoms with E-state index in [-0.39, 0.29) is 17.8 Å². The van der Waals surface area contributed by atoms with Crippen molar-refractivity contribution < 1.29 is 24.0 Å². The zero-order chi connectivity index (χ0) is 19.6. The summed E-state index contributed by atoms with van der Waals surface area (Å²) in [6.45, 7) is 1.88. The SMILES string of the molecule is CCOc1ccccc1CCC(=O)OCC(=O)Nc1ccccc1[N+](=O)[O-]. The van der Waals surface area contributed by atoms with Gasteiger partial charge in [-0.05, 0) is 31.0 Å². The molecule has 0 unspecified atom stereocenters. The van der Waals surface area contributed by atoms with Gasteiger partial charge in [-0.3, -0.25) is 19.7 Å². The van der Waals surface area contributed by atoms with E-state index in [0.29, 0.717) is 18.8 Å². The zero-order valence-electron chi connectivity index (χ0n) is 14.8. The Labute approximate surface area is 156 Å². The molecule has 0 aromatic heterocycles. The van der Waals surface area contributed by atoms with E-state index in [0.717, 1.165) is 5.56 Å². The molecule has 0 aliphatic heterocycles. The van der Waals surface area contributed by atoms with Crippen LogP contribution in [-0.4, -0.2) is 30.0 Å². The molecule has 0 spiro atoms. The molecule has 0 saturated carbocycles. The molecule has 2 rings (SSSR count). The van der Waals surface area contributed by atoms with Gasteiger partial charge in [-0.1, -0.05) is 30.3 Å². The van der Waals surface area contributed by atoms with E-state index in [9.17, 15) is 19.7 Å². The molecule has 27 heavy (non-hydrogen) atoms. The number of carbonyl (C=O) groups excluding carboxylic acids is 2. The normalized spacial score (nSPS) is 10.1. The number of nitro groups is 1. The van der Waals surface area contributed by atoms with Gasteiger partial charge in [0.25, 0.3) is 11.6 Å². The zero-order valence-corrected chi connectivity index (χ0v) is 14.8. The number of aryl methyl sites for hydroxylation is 1. The van der Waals surface area contributed by atoms with Crippen molar-refractivity contribution in [3.05, 3.63) is 64.2 Å². The second kappa shape index (κ2) is 9.91. The minimum Gasteiger partial charge on any atom is -0.494 e. The molecule has 8 nitrogen and oxygen atoms in total. The lowest BCUT2D eigenvalue weighted by molar-refractivity contribution is -0.383. The summed E-state index contributed by atoms with van der Waals surface area (Å²) in [6.07, 6.45) is 0.504. The Morgan fingerprint density at radius 1 is 1.11 bits per heavy atom. The van der Waals surface area contributed by atoms with Gasteiger partial charge in [0.2, 0.25) is 0 Å².